The molecule has 1 heterocycles. The molecule has 3 rings (SSSR count). The van der Waals surface area contributed by atoms with Crippen molar-refractivity contribution in [1.82, 2.24) is 9.97 Å². The van der Waals surface area contributed by atoms with E-state index in [1.54, 1.807) is 30.3 Å². The smallest absolute Gasteiger partial charge is 0.278 e. The highest BCUT2D eigenvalue weighted by Gasteiger charge is 2.21. The molecule has 0 radical (unpaired) electrons. The summed E-state index contributed by atoms with van der Waals surface area (Å²) in [6.45, 7) is 0. The van der Waals surface area contributed by atoms with Crippen molar-refractivity contribution < 1.29 is 4.92 Å². The lowest BCUT2D eigenvalue weighted by Crippen LogP contribution is -1.99. The van der Waals surface area contributed by atoms with E-state index in [2.05, 4.69) is 15.9 Å². The third-order valence-electron chi connectivity index (χ3n) is 3.33. The standard InChI is InChI=1S/C16H10N4O2.ClH/c1-2-10-4-3-5-11(8-10)14-13(20(21)22)7-6-12-15(14)16(17)19-9-18-12;/h1,3-9H,(H2,17,18,19);1H. The van der Waals surface area contributed by atoms with Crippen LogP contribution in [0.25, 0.3) is 22.0 Å². The van der Waals surface area contributed by atoms with Crippen molar-refractivity contribution in [2.45, 2.75) is 0 Å². The highest BCUT2D eigenvalue weighted by atomic mass is 35.5. The van der Waals surface area contributed by atoms with E-state index in [0.717, 1.165) is 0 Å². The molecule has 0 bridgehead atoms. The summed E-state index contributed by atoms with van der Waals surface area (Å²) in [5.74, 6) is 2.71. The number of nitro benzene ring substituents is 1. The van der Waals surface area contributed by atoms with E-state index in [9.17, 15) is 10.1 Å². The molecule has 0 spiro atoms. The molecule has 2 aromatic carbocycles. The maximum Gasteiger partial charge on any atom is 0.278 e. The number of hydrogen-bond acceptors (Lipinski definition) is 5. The van der Waals surface area contributed by atoms with Crippen molar-refractivity contribution in [2.24, 2.45) is 0 Å². The van der Waals surface area contributed by atoms with Crippen molar-refractivity contribution in [3.05, 3.63) is 58.4 Å². The normalized spacial score (nSPS) is 9.87. The molecule has 0 saturated heterocycles. The molecule has 23 heavy (non-hydrogen) atoms. The largest absolute Gasteiger partial charge is 0.383 e. The molecular formula is C16H11ClN4O2. The molecule has 0 aliphatic rings. The van der Waals surface area contributed by atoms with E-state index in [0.29, 0.717) is 27.6 Å². The molecule has 0 atom stereocenters. The van der Waals surface area contributed by atoms with Gasteiger partial charge in [-0.2, -0.15) is 0 Å². The molecule has 0 saturated carbocycles. The molecule has 7 heteroatoms. The number of nitrogens with zero attached hydrogens (tertiary/aromatic N) is 3. The zero-order valence-corrected chi connectivity index (χ0v) is 12.6. The van der Waals surface area contributed by atoms with Crippen LogP contribution in [0.3, 0.4) is 0 Å². The second kappa shape index (κ2) is 6.30. The number of benzene rings is 2. The summed E-state index contributed by atoms with van der Waals surface area (Å²) in [6.07, 6.45) is 6.73. The molecule has 114 valence electrons. The predicted octanol–water partition coefficient (Wildman–Crippen LogP) is 3.19. The highest BCUT2D eigenvalue weighted by molar-refractivity contribution is 6.04. The molecule has 2 N–H and O–H groups in total. The minimum atomic E-state index is -0.455. The fourth-order valence-corrected chi connectivity index (χ4v) is 2.37. The maximum absolute atomic E-state index is 11.4. The molecular weight excluding hydrogens is 316 g/mol. The number of halogens is 1. The first kappa shape index (κ1) is 16.2. The van der Waals surface area contributed by atoms with Crippen LogP contribution in [0.2, 0.25) is 0 Å². The molecule has 1 aromatic heterocycles. The third kappa shape index (κ3) is 2.78. The Labute approximate surface area is 137 Å². The summed E-state index contributed by atoms with van der Waals surface area (Å²) in [6, 6.07) is 9.91. The number of nitro groups is 1. The zero-order valence-electron chi connectivity index (χ0n) is 11.8. The topological polar surface area (TPSA) is 94.9 Å². The van der Waals surface area contributed by atoms with Gasteiger partial charge in [0.2, 0.25) is 0 Å². The van der Waals surface area contributed by atoms with Gasteiger partial charge in [0.1, 0.15) is 12.1 Å². The number of aromatic nitrogens is 2. The summed E-state index contributed by atoms with van der Waals surface area (Å²) in [5.41, 5.74) is 8.00. The first-order valence-electron chi connectivity index (χ1n) is 6.36. The van der Waals surface area contributed by atoms with Gasteiger partial charge in [-0.3, -0.25) is 10.1 Å². The number of fused-ring (bicyclic) bond motifs is 1. The van der Waals surface area contributed by atoms with Crippen LogP contribution in [0.4, 0.5) is 11.5 Å². The summed E-state index contributed by atoms with van der Waals surface area (Å²) >= 11 is 0. The van der Waals surface area contributed by atoms with Crippen LogP contribution >= 0.6 is 12.4 Å². The number of rotatable bonds is 2. The minimum absolute atomic E-state index is 0. The molecule has 0 amide bonds. The number of nitrogens with two attached hydrogens (primary N) is 1. The fraction of sp³-hybridized carbons (Fsp3) is 0. The lowest BCUT2D eigenvalue weighted by atomic mass is 9.97. The Morgan fingerprint density at radius 3 is 2.70 bits per heavy atom. The lowest BCUT2D eigenvalue weighted by molar-refractivity contribution is -0.384. The second-order valence-electron chi connectivity index (χ2n) is 4.59. The predicted molar refractivity (Wildman–Crippen MR) is 91.2 cm³/mol. The molecule has 6 nitrogen and oxygen atoms in total. The van der Waals surface area contributed by atoms with Gasteiger partial charge in [-0.05, 0) is 23.8 Å². The van der Waals surface area contributed by atoms with Crippen LogP contribution in [-0.4, -0.2) is 14.9 Å². The van der Waals surface area contributed by atoms with E-state index in [4.69, 9.17) is 12.2 Å². The van der Waals surface area contributed by atoms with E-state index in [1.807, 2.05) is 0 Å². The Bertz CT molecular complexity index is 950. The Morgan fingerprint density at radius 2 is 2.00 bits per heavy atom. The second-order valence-corrected chi connectivity index (χ2v) is 4.59. The Morgan fingerprint density at radius 1 is 1.22 bits per heavy atom. The van der Waals surface area contributed by atoms with Crippen LogP contribution < -0.4 is 5.73 Å². The lowest BCUT2D eigenvalue weighted by Gasteiger charge is -2.09. The highest BCUT2D eigenvalue weighted by Crippen LogP contribution is 2.38. The number of hydrogen-bond donors (Lipinski definition) is 1. The Kier molecular flexibility index (Phi) is 4.44. The van der Waals surface area contributed by atoms with Crippen LogP contribution in [0.15, 0.2) is 42.7 Å². The Hall–Kier alpha value is -3.17. The molecule has 3 aromatic rings. The van der Waals surface area contributed by atoms with Gasteiger partial charge in [-0.15, -0.1) is 18.8 Å². The van der Waals surface area contributed by atoms with Crippen LogP contribution in [0.1, 0.15) is 5.56 Å². The Balaban J connectivity index is 0.00000192. The molecule has 0 unspecified atom stereocenters. The summed E-state index contributed by atoms with van der Waals surface area (Å²) in [5, 5.41) is 11.8. The zero-order chi connectivity index (χ0) is 15.7. The van der Waals surface area contributed by atoms with E-state index < -0.39 is 4.92 Å². The molecule has 0 aliphatic carbocycles. The van der Waals surface area contributed by atoms with Crippen LogP contribution in [0.5, 0.6) is 0 Å². The van der Waals surface area contributed by atoms with Gasteiger partial charge < -0.3 is 5.73 Å². The van der Waals surface area contributed by atoms with Crippen LogP contribution in [-0.2, 0) is 0 Å². The summed E-state index contributed by atoms with van der Waals surface area (Å²) in [4.78, 5) is 19.0. The van der Waals surface area contributed by atoms with E-state index in [1.165, 1.54) is 12.4 Å². The number of terminal acetylenes is 1. The minimum Gasteiger partial charge on any atom is -0.383 e. The SMILES string of the molecule is C#Cc1cccc(-c2c([N+](=O)[O-])ccc3ncnc(N)c23)c1.Cl. The van der Waals surface area contributed by atoms with Gasteiger partial charge in [-0.1, -0.05) is 18.1 Å². The van der Waals surface area contributed by atoms with Gasteiger partial charge in [0.15, 0.2) is 0 Å². The van der Waals surface area contributed by atoms with Crippen molar-refractivity contribution >= 4 is 34.8 Å². The first-order valence-corrected chi connectivity index (χ1v) is 6.36. The fourth-order valence-electron chi connectivity index (χ4n) is 2.37. The van der Waals surface area contributed by atoms with Crippen molar-refractivity contribution in [2.75, 3.05) is 5.73 Å². The molecule has 0 aliphatic heterocycles. The van der Waals surface area contributed by atoms with Gasteiger partial charge in [-0.25, -0.2) is 9.97 Å². The number of anilines is 1. The summed E-state index contributed by atoms with van der Waals surface area (Å²) in [7, 11) is 0. The van der Waals surface area contributed by atoms with Gasteiger partial charge in [0, 0.05) is 11.6 Å². The van der Waals surface area contributed by atoms with Crippen molar-refractivity contribution in [3.8, 4) is 23.5 Å². The average Bonchev–Trinajstić information content (AvgIpc) is 2.54. The maximum atomic E-state index is 11.4. The average molecular weight is 327 g/mol. The van der Waals surface area contributed by atoms with Gasteiger partial charge >= 0.3 is 0 Å². The first-order chi connectivity index (χ1) is 10.6. The van der Waals surface area contributed by atoms with E-state index in [-0.39, 0.29) is 23.9 Å². The van der Waals surface area contributed by atoms with Crippen molar-refractivity contribution in [1.29, 1.82) is 0 Å². The van der Waals surface area contributed by atoms with E-state index >= 15 is 0 Å². The quantitative estimate of drug-likeness (QED) is 0.443. The van der Waals surface area contributed by atoms with Gasteiger partial charge in [0.05, 0.1) is 21.4 Å². The van der Waals surface area contributed by atoms with Gasteiger partial charge in [0.25, 0.3) is 5.69 Å². The third-order valence-corrected chi connectivity index (χ3v) is 3.33. The monoisotopic (exact) mass is 326 g/mol. The molecule has 0 fully saturated rings. The van der Waals surface area contributed by atoms with Crippen LogP contribution in [0, 0.1) is 22.5 Å². The number of nitrogen functional groups attached to an aromatic ring is 1. The van der Waals surface area contributed by atoms with Crippen molar-refractivity contribution in [3.63, 3.8) is 0 Å². The summed E-state index contributed by atoms with van der Waals surface area (Å²) < 4.78 is 0.